The smallest absolute Gasteiger partial charge is 0.422 e. The molecule has 1 atom stereocenters. The topological polar surface area (TPSA) is 46.6 Å². The van der Waals surface area contributed by atoms with Gasteiger partial charge in [-0.15, -0.1) is 23.2 Å². The molecule has 0 fully saturated rings. The van der Waals surface area contributed by atoms with Crippen molar-refractivity contribution < 1.29 is 14.3 Å². The van der Waals surface area contributed by atoms with E-state index in [4.69, 9.17) is 39.5 Å². The standard InChI is InChI=1S/C16H10Cl3NO3/c17-11-7-3-4-8-12(11)20-15(21)10-6-2-1-5-9(10)13(14(18)19)23-16(20)22/h1-8,13-14H. The number of carbonyl (C=O) groups excluding carboxylic acids is 2. The normalized spacial score (nSPS) is 17.7. The molecule has 0 saturated heterocycles. The molecule has 0 aromatic heterocycles. The predicted octanol–water partition coefficient (Wildman–Crippen LogP) is 4.98. The first-order chi connectivity index (χ1) is 11.0. The number of rotatable bonds is 2. The van der Waals surface area contributed by atoms with Crippen LogP contribution >= 0.6 is 34.8 Å². The van der Waals surface area contributed by atoms with Gasteiger partial charge in [0.25, 0.3) is 5.91 Å². The molecule has 0 spiro atoms. The van der Waals surface area contributed by atoms with Gasteiger partial charge in [0, 0.05) is 11.1 Å². The maximum Gasteiger partial charge on any atom is 0.422 e. The third kappa shape index (κ3) is 2.90. The third-order valence-corrected chi connectivity index (χ3v) is 4.21. The summed E-state index contributed by atoms with van der Waals surface area (Å²) in [4.78, 5) is 25.2. The van der Waals surface area contributed by atoms with Gasteiger partial charge in [0.15, 0.2) is 6.10 Å². The van der Waals surface area contributed by atoms with Crippen molar-refractivity contribution in [2.45, 2.75) is 10.9 Å². The number of cyclic esters (lactones) is 1. The summed E-state index contributed by atoms with van der Waals surface area (Å²) in [5, 5.41) is 0.252. The van der Waals surface area contributed by atoms with Crippen molar-refractivity contribution in [2.75, 3.05) is 4.90 Å². The van der Waals surface area contributed by atoms with Crippen LogP contribution in [0.1, 0.15) is 22.0 Å². The summed E-state index contributed by atoms with van der Waals surface area (Å²) in [5.41, 5.74) is 0.977. The van der Waals surface area contributed by atoms with E-state index < -0.39 is 22.9 Å². The van der Waals surface area contributed by atoms with Crippen LogP contribution in [0.4, 0.5) is 10.5 Å². The highest BCUT2D eigenvalue weighted by molar-refractivity contribution is 6.45. The molecule has 1 heterocycles. The Bertz CT molecular complexity index is 779. The molecular weight excluding hydrogens is 361 g/mol. The fraction of sp³-hybridized carbons (Fsp3) is 0.125. The summed E-state index contributed by atoms with van der Waals surface area (Å²) in [6.07, 6.45) is -1.82. The van der Waals surface area contributed by atoms with Gasteiger partial charge in [0.2, 0.25) is 0 Å². The van der Waals surface area contributed by atoms with Gasteiger partial charge in [-0.3, -0.25) is 4.79 Å². The van der Waals surface area contributed by atoms with Gasteiger partial charge in [0.05, 0.1) is 10.7 Å². The van der Waals surface area contributed by atoms with Crippen LogP contribution in [0.2, 0.25) is 5.02 Å². The summed E-state index contributed by atoms with van der Waals surface area (Å²) >= 11 is 18.0. The summed E-state index contributed by atoms with van der Waals surface area (Å²) in [5.74, 6) is -0.546. The molecule has 0 aliphatic carbocycles. The van der Waals surface area contributed by atoms with Crippen molar-refractivity contribution in [3.05, 3.63) is 64.7 Å². The molecule has 2 amide bonds. The number of fused-ring (bicyclic) bond motifs is 1. The van der Waals surface area contributed by atoms with Gasteiger partial charge < -0.3 is 4.74 Å². The van der Waals surface area contributed by atoms with E-state index in [-0.39, 0.29) is 16.3 Å². The number of hydrogen-bond donors (Lipinski definition) is 0. The lowest BCUT2D eigenvalue weighted by molar-refractivity contribution is 0.0952. The van der Waals surface area contributed by atoms with Crippen molar-refractivity contribution in [3.8, 4) is 0 Å². The van der Waals surface area contributed by atoms with Crippen molar-refractivity contribution in [1.29, 1.82) is 0 Å². The van der Waals surface area contributed by atoms with Crippen molar-refractivity contribution in [3.63, 3.8) is 0 Å². The second kappa shape index (κ2) is 6.40. The minimum atomic E-state index is -1.01. The Morgan fingerprint density at radius 1 is 1.00 bits per heavy atom. The fourth-order valence-corrected chi connectivity index (χ4v) is 2.99. The van der Waals surface area contributed by atoms with Gasteiger partial charge >= 0.3 is 6.09 Å². The van der Waals surface area contributed by atoms with Crippen LogP contribution in [0, 0.1) is 0 Å². The Morgan fingerprint density at radius 2 is 1.65 bits per heavy atom. The minimum Gasteiger partial charge on any atom is -0.438 e. The van der Waals surface area contributed by atoms with E-state index in [1.807, 2.05) is 0 Å². The molecule has 0 radical (unpaired) electrons. The average Bonchev–Trinajstić information content (AvgIpc) is 2.64. The number of halogens is 3. The Kier molecular flexibility index (Phi) is 4.48. The van der Waals surface area contributed by atoms with E-state index in [9.17, 15) is 9.59 Å². The first kappa shape index (κ1) is 16.1. The molecule has 0 bridgehead atoms. The second-order valence-electron chi connectivity index (χ2n) is 4.82. The monoisotopic (exact) mass is 369 g/mol. The van der Waals surface area contributed by atoms with Crippen LogP contribution in [-0.2, 0) is 4.74 Å². The number of amides is 2. The maximum absolute atomic E-state index is 12.8. The number of hydrogen-bond acceptors (Lipinski definition) is 3. The molecule has 1 aliphatic heterocycles. The first-order valence-corrected chi connectivity index (χ1v) is 7.92. The Hall–Kier alpha value is -1.75. The highest BCUT2D eigenvalue weighted by atomic mass is 35.5. The van der Waals surface area contributed by atoms with E-state index in [0.717, 1.165) is 4.90 Å². The van der Waals surface area contributed by atoms with Gasteiger partial charge in [-0.2, -0.15) is 0 Å². The largest absolute Gasteiger partial charge is 0.438 e. The predicted molar refractivity (Wildman–Crippen MR) is 89.4 cm³/mol. The van der Waals surface area contributed by atoms with E-state index in [2.05, 4.69) is 0 Å². The SMILES string of the molecule is O=C1OC(C(Cl)Cl)c2ccccc2C(=O)N1c1ccccc1Cl. The molecule has 2 aromatic carbocycles. The highest BCUT2D eigenvalue weighted by Crippen LogP contribution is 2.37. The summed E-state index contributed by atoms with van der Waals surface area (Å²) in [6.45, 7) is 0. The minimum absolute atomic E-state index is 0.236. The molecule has 2 aromatic rings. The molecule has 1 unspecified atom stereocenters. The number of anilines is 1. The van der Waals surface area contributed by atoms with Crippen molar-refractivity contribution >= 4 is 52.5 Å². The lowest BCUT2D eigenvalue weighted by atomic mass is 10.0. The quantitative estimate of drug-likeness (QED) is 0.700. The number of imide groups is 1. The van der Waals surface area contributed by atoms with Crippen molar-refractivity contribution in [1.82, 2.24) is 0 Å². The first-order valence-electron chi connectivity index (χ1n) is 6.67. The lowest BCUT2D eigenvalue weighted by Crippen LogP contribution is -2.36. The fourth-order valence-electron chi connectivity index (χ4n) is 2.40. The van der Waals surface area contributed by atoms with E-state index >= 15 is 0 Å². The summed E-state index contributed by atoms with van der Waals surface area (Å²) in [7, 11) is 0. The van der Waals surface area contributed by atoms with Gasteiger partial charge in [0.1, 0.15) is 4.84 Å². The maximum atomic E-state index is 12.8. The average molecular weight is 371 g/mol. The number of alkyl halides is 2. The van der Waals surface area contributed by atoms with Crippen LogP contribution < -0.4 is 4.90 Å². The van der Waals surface area contributed by atoms with Crippen LogP contribution in [-0.4, -0.2) is 16.8 Å². The molecule has 1 aliphatic rings. The summed E-state index contributed by atoms with van der Waals surface area (Å²) < 4.78 is 5.34. The Balaban J connectivity index is 2.17. The van der Waals surface area contributed by atoms with Gasteiger partial charge in [-0.05, 0) is 18.2 Å². The van der Waals surface area contributed by atoms with E-state index in [1.54, 1.807) is 48.5 Å². The molecule has 0 N–H and O–H groups in total. The zero-order valence-electron chi connectivity index (χ0n) is 11.6. The number of para-hydroxylation sites is 1. The molecule has 0 saturated carbocycles. The zero-order valence-corrected chi connectivity index (χ0v) is 13.8. The highest BCUT2D eigenvalue weighted by Gasteiger charge is 2.38. The van der Waals surface area contributed by atoms with Crippen LogP contribution in [0.25, 0.3) is 0 Å². The Labute approximate surface area is 147 Å². The van der Waals surface area contributed by atoms with Crippen LogP contribution in [0.5, 0.6) is 0 Å². The number of benzene rings is 2. The molecule has 23 heavy (non-hydrogen) atoms. The van der Waals surface area contributed by atoms with Crippen LogP contribution in [0.3, 0.4) is 0 Å². The van der Waals surface area contributed by atoms with Crippen LogP contribution in [0.15, 0.2) is 48.5 Å². The number of ether oxygens (including phenoxy) is 1. The molecule has 3 rings (SSSR count). The molecular formula is C16H10Cl3NO3. The van der Waals surface area contributed by atoms with E-state index in [1.165, 1.54) is 0 Å². The van der Waals surface area contributed by atoms with Crippen molar-refractivity contribution in [2.24, 2.45) is 0 Å². The lowest BCUT2D eigenvalue weighted by Gasteiger charge is -2.20. The Morgan fingerprint density at radius 3 is 2.35 bits per heavy atom. The summed E-state index contributed by atoms with van der Waals surface area (Å²) in [6, 6.07) is 13.2. The molecule has 4 nitrogen and oxygen atoms in total. The number of carbonyl (C=O) groups is 2. The van der Waals surface area contributed by atoms with Gasteiger partial charge in [-0.1, -0.05) is 41.9 Å². The zero-order chi connectivity index (χ0) is 16.6. The third-order valence-electron chi connectivity index (χ3n) is 3.43. The number of nitrogens with zero attached hydrogens (tertiary/aromatic N) is 1. The molecule has 118 valence electrons. The van der Waals surface area contributed by atoms with E-state index in [0.29, 0.717) is 5.56 Å². The second-order valence-corrected chi connectivity index (χ2v) is 6.39. The molecule has 7 heteroatoms. The van der Waals surface area contributed by atoms with Gasteiger partial charge in [-0.25, -0.2) is 9.69 Å².